The number of hydrogen-bond donors (Lipinski definition) is 2. The average molecular weight is 449 g/mol. The Hall–Kier alpha value is -2.59. The summed E-state index contributed by atoms with van der Waals surface area (Å²) >= 11 is 6.77. The zero-order valence-corrected chi connectivity index (χ0v) is 16.7. The molecule has 0 spiro atoms. The topological polar surface area (TPSA) is 84.5 Å². The molecule has 29 heavy (non-hydrogen) atoms. The van der Waals surface area contributed by atoms with Crippen molar-refractivity contribution in [3.8, 4) is 0 Å². The van der Waals surface area contributed by atoms with Crippen LogP contribution in [0.5, 0.6) is 0 Å². The lowest BCUT2D eigenvalue weighted by atomic mass is 10.1. The predicted molar refractivity (Wildman–Crippen MR) is 102 cm³/mol. The third-order valence-corrected chi connectivity index (χ3v) is 4.76. The zero-order chi connectivity index (χ0) is 21.8. The van der Waals surface area contributed by atoms with Gasteiger partial charge in [0.15, 0.2) is 6.10 Å². The van der Waals surface area contributed by atoms with Crippen LogP contribution in [0.15, 0.2) is 35.7 Å². The third-order valence-electron chi connectivity index (χ3n) is 3.65. The summed E-state index contributed by atoms with van der Waals surface area (Å²) in [6.45, 7) is 2.56. The van der Waals surface area contributed by atoms with Crippen LogP contribution in [0.2, 0.25) is 5.02 Å². The van der Waals surface area contributed by atoms with Gasteiger partial charge < -0.3 is 15.4 Å². The number of ether oxygens (including phenoxy) is 1. The standard InChI is InChI=1S/C18H16ClF3N2O4S/c1-9(23-16(26)14-4-3-7-29-14)17(27)28-10(2)15(25)24-13-6-5-11(19)8-12(13)18(20,21)22/h3-10H,1-2H3,(H,23,26)(H,24,25). The smallest absolute Gasteiger partial charge is 0.418 e. The summed E-state index contributed by atoms with van der Waals surface area (Å²) < 4.78 is 44.2. The Kier molecular flexibility index (Phi) is 7.26. The van der Waals surface area contributed by atoms with Crippen LogP contribution in [0.3, 0.4) is 0 Å². The Balaban J connectivity index is 1.98. The first-order valence-corrected chi connectivity index (χ1v) is 9.47. The van der Waals surface area contributed by atoms with Gasteiger partial charge in [0.25, 0.3) is 11.8 Å². The van der Waals surface area contributed by atoms with E-state index < -0.39 is 47.4 Å². The molecular formula is C18H16ClF3N2O4S. The van der Waals surface area contributed by atoms with Gasteiger partial charge in [-0.3, -0.25) is 9.59 Å². The number of thiophene rings is 1. The molecule has 0 fully saturated rings. The van der Waals surface area contributed by atoms with Crippen molar-refractivity contribution in [3.05, 3.63) is 51.2 Å². The summed E-state index contributed by atoms with van der Waals surface area (Å²) in [7, 11) is 0. The molecule has 1 heterocycles. The fourth-order valence-electron chi connectivity index (χ4n) is 2.16. The number of benzene rings is 1. The summed E-state index contributed by atoms with van der Waals surface area (Å²) in [6, 6.07) is 5.03. The molecule has 2 aromatic rings. The van der Waals surface area contributed by atoms with E-state index in [1.54, 1.807) is 17.5 Å². The molecular weight excluding hydrogens is 433 g/mol. The van der Waals surface area contributed by atoms with E-state index in [2.05, 4.69) is 10.6 Å². The van der Waals surface area contributed by atoms with Crippen LogP contribution in [0.25, 0.3) is 0 Å². The lowest BCUT2D eigenvalue weighted by molar-refractivity contribution is -0.154. The minimum Gasteiger partial charge on any atom is -0.451 e. The molecule has 1 aromatic heterocycles. The van der Waals surface area contributed by atoms with Crippen molar-refractivity contribution in [2.24, 2.45) is 0 Å². The lowest BCUT2D eigenvalue weighted by Crippen LogP contribution is -2.42. The zero-order valence-electron chi connectivity index (χ0n) is 15.2. The number of anilines is 1. The van der Waals surface area contributed by atoms with Gasteiger partial charge >= 0.3 is 12.1 Å². The minimum absolute atomic E-state index is 0.148. The molecule has 156 valence electrons. The highest BCUT2D eigenvalue weighted by atomic mass is 35.5. The van der Waals surface area contributed by atoms with E-state index in [0.717, 1.165) is 6.07 Å². The highest BCUT2D eigenvalue weighted by Gasteiger charge is 2.35. The van der Waals surface area contributed by atoms with Gasteiger partial charge in [-0.05, 0) is 43.5 Å². The van der Waals surface area contributed by atoms with Gasteiger partial charge in [-0.15, -0.1) is 11.3 Å². The fourth-order valence-corrected chi connectivity index (χ4v) is 2.96. The van der Waals surface area contributed by atoms with Gasteiger partial charge in [0.1, 0.15) is 6.04 Å². The van der Waals surface area contributed by atoms with Gasteiger partial charge in [-0.2, -0.15) is 13.2 Å². The molecule has 2 rings (SSSR count). The molecule has 11 heteroatoms. The van der Waals surface area contributed by atoms with Gasteiger partial charge in [-0.25, -0.2) is 4.79 Å². The number of carbonyl (C=O) groups is 3. The molecule has 2 atom stereocenters. The Morgan fingerprint density at radius 3 is 2.45 bits per heavy atom. The molecule has 0 saturated carbocycles. The monoisotopic (exact) mass is 448 g/mol. The van der Waals surface area contributed by atoms with E-state index in [9.17, 15) is 27.6 Å². The number of esters is 1. The summed E-state index contributed by atoms with van der Waals surface area (Å²) in [6.07, 6.45) is -6.14. The first-order chi connectivity index (χ1) is 13.5. The SMILES string of the molecule is CC(NC(=O)c1cccs1)C(=O)OC(C)C(=O)Nc1ccc(Cl)cc1C(F)(F)F. The van der Waals surface area contributed by atoms with Crippen LogP contribution in [0, 0.1) is 0 Å². The molecule has 2 N–H and O–H groups in total. The second-order valence-electron chi connectivity index (χ2n) is 5.93. The van der Waals surface area contributed by atoms with E-state index in [-0.39, 0.29) is 5.02 Å². The second kappa shape index (κ2) is 9.27. The van der Waals surface area contributed by atoms with Gasteiger partial charge in [0.05, 0.1) is 16.1 Å². The number of rotatable bonds is 6. The Bertz CT molecular complexity index is 903. The molecule has 0 aliphatic carbocycles. The molecule has 0 bridgehead atoms. The molecule has 0 radical (unpaired) electrons. The van der Waals surface area contributed by atoms with Crippen LogP contribution in [-0.4, -0.2) is 29.9 Å². The van der Waals surface area contributed by atoms with Crippen molar-refractivity contribution < 1.29 is 32.3 Å². The molecule has 2 amide bonds. The maximum atomic E-state index is 13.1. The van der Waals surface area contributed by atoms with Crippen LogP contribution in [-0.2, 0) is 20.5 Å². The fraction of sp³-hybridized carbons (Fsp3) is 0.278. The van der Waals surface area contributed by atoms with Crippen LogP contribution in [0.4, 0.5) is 18.9 Å². The number of alkyl halides is 3. The number of nitrogens with one attached hydrogen (secondary N) is 2. The molecule has 0 aliphatic rings. The van der Waals surface area contributed by atoms with E-state index >= 15 is 0 Å². The quantitative estimate of drug-likeness (QED) is 0.651. The van der Waals surface area contributed by atoms with Crippen molar-refractivity contribution in [2.75, 3.05) is 5.32 Å². The van der Waals surface area contributed by atoms with Crippen molar-refractivity contribution in [1.29, 1.82) is 0 Å². The molecule has 0 saturated heterocycles. The third kappa shape index (κ3) is 6.20. The number of carbonyl (C=O) groups excluding carboxylic acids is 3. The number of amides is 2. The highest BCUT2D eigenvalue weighted by Crippen LogP contribution is 2.36. The minimum atomic E-state index is -4.74. The summed E-state index contributed by atoms with van der Waals surface area (Å²) in [4.78, 5) is 36.6. The molecule has 2 unspecified atom stereocenters. The first-order valence-electron chi connectivity index (χ1n) is 8.21. The maximum Gasteiger partial charge on any atom is 0.418 e. The Labute approximate surface area is 173 Å². The maximum absolute atomic E-state index is 13.1. The Morgan fingerprint density at radius 2 is 1.86 bits per heavy atom. The summed E-state index contributed by atoms with van der Waals surface area (Å²) in [5.41, 5.74) is -1.65. The average Bonchev–Trinajstić information content (AvgIpc) is 3.16. The van der Waals surface area contributed by atoms with Crippen LogP contribution < -0.4 is 10.6 Å². The first kappa shape index (κ1) is 22.7. The lowest BCUT2D eigenvalue weighted by Gasteiger charge is -2.19. The van der Waals surface area contributed by atoms with E-state index in [1.807, 2.05) is 0 Å². The van der Waals surface area contributed by atoms with Crippen molar-refractivity contribution in [3.63, 3.8) is 0 Å². The molecule has 6 nitrogen and oxygen atoms in total. The van der Waals surface area contributed by atoms with Gasteiger partial charge in [0.2, 0.25) is 0 Å². The highest BCUT2D eigenvalue weighted by molar-refractivity contribution is 7.12. The second-order valence-corrected chi connectivity index (χ2v) is 7.31. The van der Waals surface area contributed by atoms with Crippen LogP contribution in [0.1, 0.15) is 29.1 Å². The van der Waals surface area contributed by atoms with E-state index in [0.29, 0.717) is 10.9 Å². The van der Waals surface area contributed by atoms with E-state index in [1.165, 1.54) is 31.3 Å². The van der Waals surface area contributed by atoms with Gasteiger partial charge in [0, 0.05) is 5.02 Å². The summed E-state index contributed by atoms with van der Waals surface area (Å²) in [5, 5.41) is 6.03. The van der Waals surface area contributed by atoms with Gasteiger partial charge in [-0.1, -0.05) is 17.7 Å². The van der Waals surface area contributed by atoms with Crippen molar-refractivity contribution in [1.82, 2.24) is 5.32 Å². The number of hydrogen-bond acceptors (Lipinski definition) is 5. The predicted octanol–water partition coefficient (Wildman–Crippen LogP) is 4.11. The molecule has 1 aromatic carbocycles. The van der Waals surface area contributed by atoms with Crippen molar-refractivity contribution in [2.45, 2.75) is 32.2 Å². The van der Waals surface area contributed by atoms with Crippen molar-refractivity contribution >= 4 is 46.4 Å². The van der Waals surface area contributed by atoms with Crippen LogP contribution >= 0.6 is 22.9 Å². The normalized spacial score (nSPS) is 13.3. The van der Waals surface area contributed by atoms with E-state index in [4.69, 9.17) is 16.3 Å². The number of halogens is 4. The molecule has 0 aliphatic heterocycles. The summed E-state index contributed by atoms with van der Waals surface area (Å²) in [5.74, 6) is -2.37. The Morgan fingerprint density at radius 1 is 1.17 bits per heavy atom. The largest absolute Gasteiger partial charge is 0.451 e.